The Bertz CT molecular complexity index is 1210. The summed E-state index contributed by atoms with van der Waals surface area (Å²) in [6, 6.07) is 16.8. The highest BCUT2D eigenvalue weighted by Crippen LogP contribution is 2.44. The predicted molar refractivity (Wildman–Crippen MR) is 142 cm³/mol. The first-order valence-electron chi connectivity index (χ1n) is 12.1. The van der Waals surface area contributed by atoms with E-state index in [1.54, 1.807) is 0 Å². The van der Waals surface area contributed by atoms with Crippen molar-refractivity contribution in [2.75, 3.05) is 23.9 Å². The molecule has 5 rings (SSSR count). The molecule has 3 heterocycles. The van der Waals surface area contributed by atoms with E-state index in [4.69, 9.17) is 17.0 Å². The van der Waals surface area contributed by atoms with Crippen LogP contribution in [0.5, 0.6) is 0 Å². The molecule has 2 N–H and O–H groups in total. The Labute approximate surface area is 211 Å². The molecule has 2 aliphatic rings. The van der Waals surface area contributed by atoms with E-state index in [9.17, 15) is 4.79 Å². The van der Waals surface area contributed by atoms with Gasteiger partial charge in [-0.1, -0.05) is 18.9 Å². The molecule has 2 aromatic heterocycles. The number of aromatic nitrogens is 2. The summed E-state index contributed by atoms with van der Waals surface area (Å²) in [6.45, 7) is 2.01. The van der Waals surface area contributed by atoms with Crippen LogP contribution in [0.3, 0.4) is 0 Å². The molecule has 0 spiro atoms. The molecule has 1 aromatic carbocycles. The van der Waals surface area contributed by atoms with Gasteiger partial charge in [-0.2, -0.15) is 0 Å². The molecule has 1 aliphatic heterocycles. The van der Waals surface area contributed by atoms with Crippen molar-refractivity contribution in [3.63, 3.8) is 0 Å². The summed E-state index contributed by atoms with van der Waals surface area (Å²) in [6.07, 6.45) is 8.99. The summed E-state index contributed by atoms with van der Waals surface area (Å²) >= 11 is 5.90. The number of anilines is 2. The van der Waals surface area contributed by atoms with Crippen molar-refractivity contribution in [2.24, 2.45) is 0 Å². The third-order valence-electron chi connectivity index (χ3n) is 6.97. The molecule has 3 aromatic rings. The molecule has 7 nitrogen and oxygen atoms in total. The van der Waals surface area contributed by atoms with E-state index in [1.807, 2.05) is 37.4 Å². The number of nitrogens with zero attached hydrogens (tertiary/aromatic N) is 3. The average Bonchev–Trinajstić information content (AvgIpc) is 3.60. The number of hydrogen-bond donors (Lipinski definition) is 2. The van der Waals surface area contributed by atoms with Crippen molar-refractivity contribution >= 4 is 34.6 Å². The van der Waals surface area contributed by atoms with Gasteiger partial charge in [0.05, 0.1) is 11.7 Å². The minimum atomic E-state index is -0.177. The minimum Gasteiger partial charge on any atom is -0.375 e. The van der Waals surface area contributed by atoms with Crippen molar-refractivity contribution in [1.29, 1.82) is 0 Å². The Morgan fingerprint density at radius 2 is 2.03 bits per heavy atom. The summed E-state index contributed by atoms with van der Waals surface area (Å²) in [4.78, 5) is 18.9. The standard InChI is InChI=1S/C27H31N5O2S/c1-18-16-20(12-13-21(18)29-24(33)17-34-2)32-26(23-11-7-15-31(23)19-8-3-4-9-19)25(30-27(32)35)22-10-5-6-14-28-22/h5-7,10-16,19,25-26H,3-4,8-9,17H2,1-2H3,(H,29,33)(H,30,35)/t25-,26-/m0/s1. The quantitative estimate of drug-likeness (QED) is 0.452. The van der Waals surface area contributed by atoms with Crippen LogP contribution in [-0.2, 0) is 9.53 Å². The van der Waals surface area contributed by atoms with Crippen LogP contribution in [-0.4, -0.2) is 34.3 Å². The van der Waals surface area contributed by atoms with Crippen LogP contribution in [0.15, 0.2) is 60.9 Å². The van der Waals surface area contributed by atoms with Crippen molar-refractivity contribution in [3.05, 3.63) is 77.9 Å². The third-order valence-corrected chi connectivity index (χ3v) is 7.28. The van der Waals surface area contributed by atoms with Crippen LogP contribution >= 0.6 is 12.2 Å². The van der Waals surface area contributed by atoms with E-state index in [1.165, 1.54) is 38.5 Å². The summed E-state index contributed by atoms with van der Waals surface area (Å²) < 4.78 is 7.39. The maximum Gasteiger partial charge on any atom is 0.250 e. The van der Waals surface area contributed by atoms with Crippen molar-refractivity contribution in [3.8, 4) is 0 Å². The van der Waals surface area contributed by atoms with Crippen LogP contribution in [0.2, 0.25) is 0 Å². The maximum absolute atomic E-state index is 12.0. The summed E-state index contributed by atoms with van der Waals surface area (Å²) in [5.41, 5.74) is 4.89. The molecule has 0 bridgehead atoms. The molecule has 1 amide bonds. The number of amides is 1. The van der Waals surface area contributed by atoms with E-state index >= 15 is 0 Å². The predicted octanol–water partition coefficient (Wildman–Crippen LogP) is 5.07. The molecule has 2 fully saturated rings. The van der Waals surface area contributed by atoms with Crippen molar-refractivity contribution in [1.82, 2.24) is 14.9 Å². The van der Waals surface area contributed by atoms with E-state index in [0.717, 1.165) is 22.6 Å². The molecule has 2 atom stereocenters. The van der Waals surface area contributed by atoms with Crippen molar-refractivity contribution in [2.45, 2.75) is 50.7 Å². The van der Waals surface area contributed by atoms with Crippen LogP contribution in [0, 0.1) is 6.92 Å². The van der Waals surface area contributed by atoms with Gasteiger partial charge in [-0.25, -0.2) is 0 Å². The zero-order valence-corrected chi connectivity index (χ0v) is 20.9. The SMILES string of the molecule is COCC(=O)Nc1ccc(N2C(=S)N[C@@H](c3ccccn3)[C@@H]2c2cccn2C2CCCC2)cc1C. The molecule has 8 heteroatoms. The zero-order chi connectivity index (χ0) is 24.4. The molecule has 1 saturated heterocycles. The maximum atomic E-state index is 12.0. The molecule has 182 valence electrons. The fourth-order valence-corrected chi connectivity index (χ4v) is 5.71. The molecule has 1 aliphatic carbocycles. The molecular formula is C27H31N5O2S. The molecule has 0 unspecified atom stereocenters. The Kier molecular flexibility index (Phi) is 6.83. The van der Waals surface area contributed by atoms with Crippen LogP contribution in [0.1, 0.15) is 60.8 Å². The number of thiocarbonyl (C=S) groups is 1. The number of nitrogens with one attached hydrogen (secondary N) is 2. The number of pyridine rings is 1. The molecular weight excluding hydrogens is 458 g/mol. The lowest BCUT2D eigenvalue weighted by molar-refractivity contribution is -0.119. The van der Waals surface area contributed by atoms with Gasteiger partial charge in [0.2, 0.25) is 5.91 Å². The molecule has 1 saturated carbocycles. The Balaban J connectivity index is 1.54. The largest absolute Gasteiger partial charge is 0.375 e. The summed E-state index contributed by atoms with van der Waals surface area (Å²) in [5, 5.41) is 7.13. The number of carbonyl (C=O) groups excluding carboxylic acids is 1. The van der Waals surface area contributed by atoms with Gasteiger partial charge < -0.3 is 24.8 Å². The lowest BCUT2D eigenvalue weighted by Crippen LogP contribution is -2.31. The number of benzene rings is 1. The highest BCUT2D eigenvalue weighted by atomic mass is 32.1. The number of ether oxygens (including phenoxy) is 1. The topological polar surface area (TPSA) is 71.4 Å². The first-order chi connectivity index (χ1) is 17.1. The number of hydrogen-bond acceptors (Lipinski definition) is 4. The van der Waals surface area contributed by atoms with Crippen molar-refractivity contribution < 1.29 is 9.53 Å². The van der Waals surface area contributed by atoms with Gasteiger partial charge in [-0.3, -0.25) is 9.78 Å². The van der Waals surface area contributed by atoms with Gasteiger partial charge in [-0.15, -0.1) is 0 Å². The highest BCUT2D eigenvalue weighted by molar-refractivity contribution is 7.80. The van der Waals surface area contributed by atoms with E-state index < -0.39 is 0 Å². The Morgan fingerprint density at radius 3 is 2.74 bits per heavy atom. The number of carbonyl (C=O) groups is 1. The summed E-state index contributed by atoms with van der Waals surface area (Å²) in [5.74, 6) is -0.177. The first-order valence-corrected chi connectivity index (χ1v) is 12.5. The average molecular weight is 490 g/mol. The highest BCUT2D eigenvalue weighted by Gasteiger charge is 2.42. The lowest BCUT2D eigenvalue weighted by Gasteiger charge is -2.30. The van der Waals surface area contributed by atoms with E-state index in [0.29, 0.717) is 11.2 Å². The number of methoxy groups -OCH3 is 1. The van der Waals surface area contributed by atoms with Crippen LogP contribution in [0.4, 0.5) is 11.4 Å². The number of rotatable bonds is 7. The Hall–Kier alpha value is -3.23. The minimum absolute atomic E-state index is 0.0211. The first kappa shape index (κ1) is 23.5. The van der Waals surface area contributed by atoms with Gasteiger partial charge >= 0.3 is 0 Å². The lowest BCUT2D eigenvalue weighted by atomic mass is 10.00. The Morgan fingerprint density at radius 1 is 1.20 bits per heavy atom. The number of aryl methyl sites for hydroxylation is 1. The second-order valence-corrected chi connectivity index (χ2v) is 9.64. The molecule has 0 radical (unpaired) electrons. The second-order valence-electron chi connectivity index (χ2n) is 9.26. The van der Waals surface area contributed by atoms with Crippen LogP contribution < -0.4 is 15.5 Å². The van der Waals surface area contributed by atoms with Gasteiger partial charge in [0.15, 0.2) is 5.11 Å². The smallest absolute Gasteiger partial charge is 0.250 e. The van der Waals surface area contributed by atoms with E-state index in [2.05, 4.69) is 55.5 Å². The monoisotopic (exact) mass is 489 g/mol. The second kappa shape index (κ2) is 10.2. The zero-order valence-electron chi connectivity index (χ0n) is 20.1. The van der Waals surface area contributed by atoms with Crippen LogP contribution in [0.25, 0.3) is 0 Å². The normalized spacial score (nSPS) is 20.3. The summed E-state index contributed by atoms with van der Waals surface area (Å²) in [7, 11) is 1.51. The van der Waals surface area contributed by atoms with Gasteiger partial charge in [0, 0.05) is 42.6 Å². The van der Waals surface area contributed by atoms with E-state index in [-0.39, 0.29) is 24.6 Å². The van der Waals surface area contributed by atoms with Gasteiger partial charge in [0.1, 0.15) is 12.6 Å². The molecule has 35 heavy (non-hydrogen) atoms. The van der Waals surface area contributed by atoms with Gasteiger partial charge in [0.25, 0.3) is 0 Å². The fraction of sp³-hybridized carbons (Fsp3) is 0.370. The fourth-order valence-electron chi connectivity index (χ4n) is 5.36. The third kappa shape index (κ3) is 4.68. The van der Waals surface area contributed by atoms with Gasteiger partial charge in [-0.05, 0) is 80.0 Å².